The van der Waals surface area contributed by atoms with Gasteiger partial charge >= 0.3 is 6.18 Å². The Hall–Kier alpha value is -1.24. The summed E-state index contributed by atoms with van der Waals surface area (Å²) >= 11 is 0. The molecule has 7 heteroatoms. The van der Waals surface area contributed by atoms with E-state index < -0.39 is 30.0 Å². The second kappa shape index (κ2) is 6.27. The molecule has 19 heavy (non-hydrogen) atoms. The van der Waals surface area contributed by atoms with Crippen molar-refractivity contribution in [2.24, 2.45) is 0 Å². The Balaban J connectivity index is 3.03. The van der Waals surface area contributed by atoms with Gasteiger partial charge in [0.1, 0.15) is 5.82 Å². The highest BCUT2D eigenvalue weighted by atomic mass is 19.4. The van der Waals surface area contributed by atoms with Gasteiger partial charge in [0.25, 0.3) is 6.43 Å². The Kier molecular flexibility index (Phi) is 5.22. The molecule has 1 nitrogen and oxygen atoms in total. The Morgan fingerprint density at radius 1 is 1.21 bits per heavy atom. The number of benzene rings is 1. The zero-order valence-corrected chi connectivity index (χ0v) is 10.1. The molecular formula is C12H13F6N. The maximum Gasteiger partial charge on any atom is 0.419 e. The van der Waals surface area contributed by atoms with Gasteiger partial charge in [-0.3, -0.25) is 0 Å². The van der Waals surface area contributed by atoms with Gasteiger partial charge in [-0.1, -0.05) is 13.0 Å². The minimum absolute atomic E-state index is 0.200. The highest BCUT2D eigenvalue weighted by Crippen LogP contribution is 2.33. The SMILES string of the molecule is CCCNC(c1ccc(C(F)(F)F)c(F)c1)C(F)F. The summed E-state index contributed by atoms with van der Waals surface area (Å²) in [6.45, 7) is 2.01. The molecule has 1 atom stereocenters. The van der Waals surface area contributed by atoms with Crippen LogP contribution in [0.4, 0.5) is 26.3 Å². The molecule has 1 aromatic rings. The molecule has 0 aliphatic carbocycles. The molecule has 108 valence electrons. The van der Waals surface area contributed by atoms with E-state index in [1.54, 1.807) is 6.92 Å². The van der Waals surface area contributed by atoms with Crippen molar-refractivity contribution in [1.29, 1.82) is 0 Å². The van der Waals surface area contributed by atoms with E-state index in [-0.39, 0.29) is 12.1 Å². The topological polar surface area (TPSA) is 12.0 Å². The fourth-order valence-electron chi connectivity index (χ4n) is 1.61. The summed E-state index contributed by atoms with van der Waals surface area (Å²) in [6.07, 6.45) is -7.09. The second-order valence-electron chi connectivity index (χ2n) is 4.00. The van der Waals surface area contributed by atoms with Gasteiger partial charge in [-0.15, -0.1) is 0 Å². The van der Waals surface area contributed by atoms with E-state index in [2.05, 4.69) is 5.32 Å². The highest BCUT2D eigenvalue weighted by Gasteiger charge is 2.34. The van der Waals surface area contributed by atoms with E-state index in [1.807, 2.05) is 0 Å². The summed E-state index contributed by atoms with van der Waals surface area (Å²) in [6, 6.07) is 0.373. The quantitative estimate of drug-likeness (QED) is 0.801. The lowest BCUT2D eigenvalue weighted by atomic mass is 10.0. The zero-order valence-electron chi connectivity index (χ0n) is 10.1. The monoisotopic (exact) mass is 285 g/mol. The van der Waals surface area contributed by atoms with Gasteiger partial charge in [0.15, 0.2) is 0 Å². The van der Waals surface area contributed by atoms with Crippen LogP contribution in [0.5, 0.6) is 0 Å². The smallest absolute Gasteiger partial charge is 0.305 e. The molecule has 0 aliphatic heterocycles. The third kappa shape index (κ3) is 4.12. The lowest BCUT2D eigenvalue weighted by Crippen LogP contribution is -2.28. The van der Waals surface area contributed by atoms with Crippen molar-refractivity contribution >= 4 is 0 Å². The number of alkyl halides is 5. The number of nitrogens with one attached hydrogen (secondary N) is 1. The van der Waals surface area contributed by atoms with E-state index >= 15 is 0 Å². The maximum atomic E-state index is 13.3. The molecule has 0 fully saturated rings. The Bertz CT molecular complexity index is 415. The second-order valence-corrected chi connectivity index (χ2v) is 4.00. The van der Waals surface area contributed by atoms with Crippen LogP contribution in [-0.4, -0.2) is 13.0 Å². The number of rotatable bonds is 5. The van der Waals surface area contributed by atoms with E-state index in [0.29, 0.717) is 18.6 Å². The molecular weight excluding hydrogens is 272 g/mol. The Morgan fingerprint density at radius 2 is 1.84 bits per heavy atom. The average molecular weight is 285 g/mol. The van der Waals surface area contributed by atoms with Crippen LogP contribution in [0.15, 0.2) is 18.2 Å². The normalized spacial score (nSPS) is 13.9. The zero-order chi connectivity index (χ0) is 14.6. The highest BCUT2D eigenvalue weighted by molar-refractivity contribution is 5.29. The van der Waals surface area contributed by atoms with Crippen molar-refractivity contribution < 1.29 is 26.3 Å². The standard InChI is InChI=1S/C12H13F6N/c1-2-5-19-10(11(14)15)7-3-4-8(9(13)6-7)12(16,17)18/h3-4,6,10-11,19H,2,5H2,1H3. The summed E-state index contributed by atoms with van der Waals surface area (Å²) < 4.78 is 75.9. The van der Waals surface area contributed by atoms with Crippen LogP contribution in [0.2, 0.25) is 0 Å². The Morgan fingerprint density at radius 3 is 2.26 bits per heavy atom. The minimum atomic E-state index is -4.83. The summed E-state index contributed by atoms with van der Waals surface area (Å²) in [5.74, 6) is -1.55. The molecule has 0 saturated heterocycles. The molecule has 1 unspecified atom stereocenters. The fourth-order valence-corrected chi connectivity index (χ4v) is 1.61. The van der Waals surface area contributed by atoms with Crippen LogP contribution in [0.25, 0.3) is 0 Å². The van der Waals surface area contributed by atoms with Gasteiger partial charge in [0, 0.05) is 0 Å². The van der Waals surface area contributed by atoms with Crippen LogP contribution in [0.1, 0.15) is 30.5 Å². The summed E-state index contributed by atoms with van der Waals surface area (Å²) in [4.78, 5) is 0. The van der Waals surface area contributed by atoms with Crippen LogP contribution in [0.3, 0.4) is 0 Å². The van der Waals surface area contributed by atoms with E-state index in [4.69, 9.17) is 0 Å². The van der Waals surface area contributed by atoms with E-state index in [1.165, 1.54) is 0 Å². The lowest BCUT2D eigenvalue weighted by molar-refractivity contribution is -0.140. The third-order valence-electron chi connectivity index (χ3n) is 2.52. The molecule has 0 aliphatic rings. The first-order valence-corrected chi connectivity index (χ1v) is 5.65. The molecule has 0 spiro atoms. The van der Waals surface area contributed by atoms with Gasteiger partial charge in [0.2, 0.25) is 0 Å². The van der Waals surface area contributed by atoms with Crippen LogP contribution < -0.4 is 5.32 Å². The molecule has 0 heterocycles. The van der Waals surface area contributed by atoms with Crippen LogP contribution in [-0.2, 0) is 6.18 Å². The largest absolute Gasteiger partial charge is 0.419 e. The fraction of sp³-hybridized carbons (Fsp3) is 0.500. The predicted molar refractivity (Wildman–Crippen MR) is 58.4 cm³/mol. The number of hydrogen-bond acceptors (Lipinski definition) is 1. The van der Waals surface area contributed by atoms with Gasteiger partial charge in [-0.05, 0) is 30.7 Å². The molecule has 0 aromatic heterocycles. The molecule has 1 aromatic carbocycles. The van der Waals surface area contributed by atoms with Crippen molar-refractivity contribution in [2.45, 2.75) is 32.0 Å². The molecule has 1 N–H and O–H groups in total. The Labute approximate surface area is 106 Å². The average Bonchev–Trinajstić information content (AvgIpc) is 2.27. The first kappa shape index (κ1) is 15.8. The number of halogens is 6. The lowest BCUT2D eigenvalue weighted by Gasteiger charge is -2.19. The molecule has 0 radical (unpaired) electrons. The van der Waals surface area contributed by atoms with E-state index in [0.717, 1.165) is 6.07 Å². The van der Waals surface area contributed by atoms with Gasteiger partial charge in [-0.25, -0.2) is 13.2 Å². The molecule has 0 amide bonds. The van der Waals surface area contributed by atoms with Crippen molar-refractivity contribution in [3.63, 3.8) is 0 Å². The molecule has 1 rings (SSSR count). The van der Waals surface area contributed by atoms with Crippen molar-refractivity contribution in [1.82, 2.24) is 5.32 Å². The number of hydrogen-bond donors (Lipinski definition) is 1. The van der Waals surface area contributed by atoms with Gasteiger partial charge < -0.3 is 5.32 Å². The minimum Gasteiger partial charge on any atom is -0.305 e. The first-order valence-electron chi connectivity index (χ1n) is 5.65. The first-order chi connectivity index (χ1) is 8.77. The summed E-state index contributed by atoms with van der Waals surface area (Å²) in [5, 5.41) is 2.47. The molecule has 0 saturated carbocycles. The maximum absolute atomic E-state index is 13.3. The van der Waals surface area contributed by atoms with Crippen LogP contribution in [0, 0.1) is 5.82 Å². The van der Waals surface area contributed by atoms with Crippen LogP contribution >= 0.6 is 0 Å². The summed E-state index contributed by atoms with van der Waals surface area (Å²) in [5.41, 5.74) is -1.66. The van der Waals surface area contributed by atoms with E-state index in [9.17, 15) is 26.3 Å². The van der Waals surface area contributed by atoms with Gasteiger partial charge in [0.05, 0.1) is 11.6 Å². The van der Waals surface area contributed by atoms with Crippen molar-refractivity contribution in [3.05, 3.63) is 35.1 Å². The summed E-state index contributed by atoms with van der Waals surface area (Å²) in [7, 11) is 0. The van der Waals surface area contributed by atoms with Gasteiger partial charge in [-0.2, -0.15) is 13.2 Å². The molecule has 0 bridgehead atoms. The predicted octanol–water partition coefficient (Wildman–Crippen LogP) is 4.15. The van der Waals surface area contributed by atoms with Crippen molar-refractivity contribution in [3.8, 4) is 0 Å². The van der Waals surface area contributed by atoms with Crippen molar-refractivity contribution in [2.75, 3.05) is 6.54 Å². The third-order valence-corrected chi connectivity index (χ3v) is 2.52.